The van der Waals surface area contributed by atoms with E-state index in [1.807, 2.05) is 13.8 Å². The maximum absolute atomic E-state index is 11.9. The first-order chi connectivity index (χ1) is 9.17. The van der Waals surface area contributed by atoms with Crippen LogP contribution in [0.15, 0.2) is 12.4 Å². The highest BCUT2D eigenvalue weighted by Gasteiger charge is 2.12. The van der Waals surface area contributed by atoms with Crippen molar-refractivity contribution in [2.75, 3.05) is 13.2 Å². The zero-order valence-electron chi connectivity index (χ0n) is 11.3. The fourth-order valence-electron chi connectivity index (χ4n) is 1.62. The molecule has 6 heteroatoms. The van der Waals surface area contributed by atoms with Crippen molar-refractivity contribution in [2.24, 2.45) is 0 Å². The molecule has 1 heterocycles. The highest BCUT2D eigenvalue weighted by Crippen LogP contribution is 2.11. The van der Waals surface area contributed by atoms with Crippen LogP contribution >= 0.6 is 11.6 Å². The van der Waals surface area contributed by atoms with E-state index in [2.05, 4.69) is 9.97 Å². The molecule has 0 atom stereocenters. The van der Waals surface area contributed by atoms with E-state index in [4.69, 9.17) is 21.1 Å². The molecule has 0 unspecified atom stereocenters. The van der Waals surface area contributed by atoms with Gasteiger partial charge in [-0.15, -0.1) is 0 Å². The van der Waals surface area contributed by atoms with E-state index in [9.17, 15) is 4.79 Å². The predicted molar refractivity (Wildman–Crippen MR) is 72.3 cm³/mol. The third-order valence-electron chi connectivity index (χ3n) is 2.44. The molecule has 0 saturated heterocycles. The van der Waals surface area contributed by atoms with Gasteiger partial charge in [-0.1, -0.05) is 11.6 Å². The number of hydrogen-bond acceptors (Lipinski definition) is 5. The van der Waals surface area contributed by atoms with E-state index < -0.39 is 0 Å². The van der Waals surface area contributed by atoms with Gasteiger partial charge in [-0.05, 0) is 26.7 Å². The first-order valence-corrected chi connectivity index (χ1v) is 6.79. The normalized spacial score (nSPS) is 10.9. The van der Waals surface area contributed by atoms with Gasteiger partial charge in [-0.3, -0.25) is 9.78 Å². The summed E-state index contributed by atoms with van der Waals surface area (Å²) in [5.74, 6) is -0.0678. The number of carbonyl (C=O) groups is 1. The van der Waals surface area contributed by atoms with Gasteiger partial charge in [0.25, 0.3) is 0 Å². The molecule has 0 saturated carbocycles. The van der Waals surface area contributed by atoms with Crippen LogP contribution in [0, 0.1) is 0 Å². The molecule has 1 aromatic rings. The molecular weight excluding hydrogens is 268 g/mol. The summed E-state index contributed by atoms with van der Waals surface area (Å²) in [7, 11) is 0. The molecule has 0 aliphatic heterocycles. The van der Waals surface area contributed by atoms with Crippen molar-refractivity contribution in [1.82, 2.24) is 9.97 Å². The quantitative estimate of drug-likeness (QED) is 0.516. The van der Waals surface area contributed by atoms with Crippen LogP contribution in [0.25, 0.3) is 0 Å². The number of aromatic nitrogens is 2. The minimum Gasteiger partial charge on any atom is -0.353 e. The Morgan fingerprint density at radius 3 is 2.58 bits per heavy atom. The number of ether oxygens (including phenoxy) is 2. The molecule has 0 bridgehead atoms. The monoisotopic (exact) mass is 286 g/mol. The molecule has 19 heavy (non-hydrogen) atoms. The molecule has 1 rings (SSSR count). The number of nitrogens with zero attached hydrogens (tertiary/aromatic N) is 2. The summed E-state index contributed by atoms with van der Waals surface area (Å²) in [4.78, 5) is 19.6. The molecule has 0 aliphatic carbocycles. The van der Waals surface area contributed by atoms with Gasteiger partial charge in [0.05, 0.1) is 12.4 Å². The first kappa shape index (κ1) is 16.0. The van der Waals surface area contributed by atoms with Crippen LogP contribution in [-0.2, 0) is 9.47 Å². The third-order valence-corrected chi connectivity index (χ3v) is 2.62. The van der Waals surface area contributed by atoms with E-state index in [-0.39, 0.29) is 17.2 Å². The number of hydrogen-bond donors (Lipinski definition) is 0. The second-order valence-electron chi connectivity index (χ2n) is 3.88. The lowest BCUT2D eigenvalue weighted by atomic mass is 10.1. The van der Waals surface area contributed by atoms with Gasteiger partial charge < -0.3 is 9.47 Å². The van der Waals surface area contributed by atoms with Crippen LogP contribution in [0.3, 0.4) is 0 Å². The molecule has 0 N–H and O–H groups in total. The van der Waals surface area contributed by atoms with Crippen LogP contribution in [0.5, 0.6) is 0 Å². The van der Waals surface area contributed by atoms with Crippen molar-refractivity contribution in [3.05, 3.63) is 23.2 Å². The maximum Gasteiger partial charge on any atom is 0.182 e. The van der Waals surface area contributed by atoms with E-state index in [0.29, 0.717) is 38.2 Å². The zero-order chi connectivity index (χ0) is 14.1. The summed E-state index contributed by atoms with van der Waals surface area (Å²) in [6.07, 6.45) is 4.33. The standard InChI is InChI=1S/C13H19ClN2O3/c1-3-18-13(19-4-2)7-5-6-11(17)10-8-15-9-12(14)16-10/h8-9,13H,3-7H2,1-2H3. The molecule has 0 aromatic carbocycles. The molecule has 0 aliphatic rings. The Labute approximate surface area is 118 Å². The summed E-state index contributed by atoms with van der Waals surface area (Å²) < 4.78 is 10.8. The molecule has 106 valence electrons. The largest absolute Gasteiger partial charge is 0.353 e. The Morgan fingerprint density at radius 2 is 2.00 bits per heavy atom. The minimum absolute atomic E-state index is 0.0678. The third kappa shape index (κ3) is 6.09. The van der Waals surface area contributed by atoms with Crippen LogP contribution in [0.1, 0.15) is 43.6 Å². The van der Waals surface area contributed by atoms with E-state index in [1.54, 1.807) is 0 Å². The van der Waals surface area contributed by atoms with Crippen molar-refractivity contribution in [3.63, 3.8) is 0 Å². The number of carbonyl (C=O) groups excluding carboxylic acids is 1. The Kier molecular flexibility index (Phi) is 7.55. The van der Waals surface area contributed by atoms with Gasteiger partial charge in [-0.25, -0.2) is 4.98 Å². The topological polar surface area (TPSA) is 61.3 Å². The Bertz CT molecular complexity index is 395. The maximum atomic E-state index is 11.9. The average Bonchev–Trinajstić information content (AvgIpc) is 2.39. The first-order valence-electron chi connectivity index (χ1n) is 6.41. The molecular formula is C13H19ClN2O3. The molecule has 1 aromatic heterocycles. The molecule has 5 nitrogen and oxygen atoms in total. The summed E-state index contributed by atoms with van der Waals surface area (Å²) in [6.45, 7) is 5.02. The predicted octanol–water partition coefficient (Wildman–Crippen LogP) is 2.88. The number of ketones is 1. The van der Waals surface area contributed by atoms with Crippen molar-refractivity contribution < 1.29 is 14.3 Å². The summed E-state index contributed by atoms with van der Waals surface area (Å²) in [5, 5.41) is 0.229. The molecule has 0 fully saturated rings. The van der Waals surface area contributed by atoms with Gasteiger partial charge in [0.1, 0.15) is 10.8 Å². The van der Waals surface area contributed by atoms with Gasteiger partial charge in [0.2, 0.25) is 0 Å². The van der Waals surface area contributed by atoms with Gasteiger partial charge in [0, 0.05) is 19.6 Å². The number of Topliss-reactive ketones (excluding diaryl/α,β-unsaturated/α-hetero) is 1. The van der Waals surface area contributed by atoms with Crippen LogP contribution in [0.2, 0.25) is 5.15 Å². The highest BCUT2D eigenvalue weighted by atomic mass is 35.5. The Balaban J connectivity index is 2.37. The smallest absolute Gasteiger partial charge is 0.182 e. The Morgan fingerprint density at radius 1 is 1.32 bits per heavy atom. The van der Waals surface area contributed by atoms with Gasteiger partial charge in [0.15, 0.2) is 12.1 Å². The molecule has 0 amide bonds. The fourth-order valence-corrected chi connectivity index (χ4v) is 1.77. The summed E-state index contributed by atoms with van der Waals surface area (Å²) in [5.41, 5.74) is 0.303. The van der Waals surface area contributed by atoms with Crippen LogP contribution in [-0.4, -0.2) is 35.3 Å². The Hall–Kier alpha value is -1.04. The van der Waals surface area contributed by atoms with Crippen molar-refractivity contribution >= 4 is 17.4 Å². The van der Waals surface area contributed by atoms with Crippen LogP contribution < -0.4 is 0 Å². The second kappa shape index (κ2) is 8.96. The van der Waals surface area contributed by atoms with Crippen molar-refractivity contribution in [2.45, 2.75) is 39.4 Å². The number of rotatable bonds is 9. The minimum atomic E-state index is -0.242. The molecule has 0 spiro atoms. The van der Waals surface area contributed by atoms with E-state index >= 15 is 0 Å². The van der Waals surface area contributed by atoms with Crippen molar-refractivity contribution in [1.29, 1.82) is 0 Å². The lowest BCUT2D eigenvalue weighted by Gasteiger charge is -2.16. The van der Waals surface area contributed by atoms with Gasteiger partial charge in [-0.2, -0.15) is 0 Å². The summed E-state index contributed by atoms with van der Waals surface area (Å²) in [6, 6.07) is 0. The van der Waals surface area contributed by atoms with Crippen LogP contribution in [0.4, 0.5) is 0 Å². The molecule has 0 radical (unpaired) electrons. The van der Waals surface area contributed by atoms with Gasteiger partial charge >= 0.3 is 0 Å². The number of halogens is 1. The van der Waals surface area contributed by atoms with E-state index in [1.165, 1.54) is 12.4 Å². The average molecular weight is 287 g/mol. The van der Waals surface area contributed by atoms with Crippen molar-refractivity contribution in [3.8, 4) is 0 Å². The lowest BCUT2D eigenvalue weighted by molar-refractivity contribution is -0.139. The summed E-state index contributed by atoms with van der Waals surface area (Å²) >= 11 is 5.69. The second-order valence-corrected chi connectivity index (χ2v) is 4.27. The SMILES string of the molecule is CCOC(CCCC(=O)c1cncc(Cl)n1)OCC. The zero-order valence-corrected chi connectivity index (χ0v) is 12.0. The van der Waals surface area contributed by atoms with E-state index in [0.717, 1.165) is 0 Å². The lowest BCUT2D eigenvalue weighted by Crippen LogP contribution is -2.17. The highest BCUT2D eigenvalue weighted by molar-refractivity contribution is 6.29. The fraction of sp³-hybridized carbons (Fsp3) is 0.615.